The Kier molecular flexibility index (Phi) is 6.83. The molecule has 2 aromatic rings. The van der Waals surface area contributed by atoms with Gasteiger partial charge in [0.25, 0.3) is 0 Å². The van der Waals surface area contributed by atoms with Crippen molar-refractivity contribution in [2.45, 2.75) is 31.7 Å². The van der Waals surface area contributed by atoms with Crippen molar-refractivity contribution in [3.05, 3.63) is 54.1 Å². The fourth-order valence-corrected chi connectivity index (χ4v) is 2.16. The molecule has 160 valence electrons. The number of rotatable bonds is 8. The summed E-state index contributed by atoms with van der Waals surface area (Å²) in [6.45, 7) is 0.633. The van der Waals surface area contributed by atoms with E-state index in [2.05, 4.69) is 4.74 Å². The molecule has 0 bridgehead atoms. The fraction of sp³-hybridized carbons (Fsp3) is 0.333. The number of aliphatic hydroxyl groups is 1. The molecule has 0 aromatic heterocycles. The second-order valence-corrected chi connectivity index (χ2v) is 5.99. The first-order valence-corrected chi connectivity index (χ1v) is 8.10. The van der Waals surface area contributed by atoms with Crippen molar-refractivity contribution >= 4 is 5.69 Å². The lowest BCUT2D eigenvalue weighted by atomic mass is 10.2. The van der Waals surface area contributed by atoms with E-state index in [9.17, 15) is 35.8 Å². The summed E-state index contributed by atoms with van der Waals surface area (Å²) in [6, 6.07) is 10.1. The summed E-state index contributed by atoms with van der Waals surface area (Å²) >= 11 is 0. The number of hydrogen-bond donors (Lipinski definition) is 1. The van der Waals surface area contributed by atoms with E-state index in [0.29, 0.717) is 10.6 Å². The molecule has 0 heterocycles. The third kappa shape index (κ3) is 6.41. The lowest BCUT2D eigenvalue weighted by molar-refractivity contribution is -0.253. The summed E-state index contributed by atoms with van der Waals surface area (Å²) in [4.78, 5) is 5.30. The number of aliphatic hydroxyl groups excluding tert-OH is 1. The summed E-state index contributed by atoms with van der Waals surface area (Å²) in [5.41, 5.74) is 0.809. The molecular formula is C18H16F7NO3. The topological polar surface area (TPSA) is 41.9 Å². The Morgan fingerprint density at radius 1 is 0.966 bits per heavy atom. The molecule has 2 aromatic carbocycles. The van der Waals surface area contributed by atoms with Gasteiger partial charge in [-0.05, 0) is 36.8 Å². The van der Waals surface area contributed by atoms with Crippen LogP contribution in [-0.4, -0.2) is 36.5 Å². The van der Waals surface area contributed by atoms with Gasteiger partial charge in [-0.15, -0.1) is 0 Å². The molecule has 2 rings (SSSR count). The summed E-state index contributed by atoms with van der Waals surface area (Å²) < 4.78 is 92.9. The molecule has 1 atom stereocenters. The maximum atomic E-state index is 13.1. The van der Waals surface area contributed by atoms with Gasteiger partial charge in [-0.25, -0.2) is 5.06 Å². The molecule has 0 aliphatic carbocycles. The highest BCUT2D eigenvalue weighted by molar-refractivity contribution is 5.47. The van der Waals surface area contributed by atoms with Gasteiger partial charge in [0.2, 0.25) is 0 Å². The van der Waals surface area contributed by atoms with E-state index in [4.69, 9.17) is 4.84 Å². The Labute approximate surface area is 161 Å². The van der Waals surface area contributed by atoms with Crippen LogP contribution >= 0.6 is 0 Å². The van der Waals surface area contributed by atoms with Crippen molar-refractivity contribution in [2.24, 2.45) is 0 Å². The molecule has 0 spiro atoms. The van der Waals surface area contributed by atoms with Crippen LogP contribution in [0.3, 0.4) is 0 Å². The molecule has 0 radical (unpaired) electrons. The Morgan fingerprint density at radius 3 is 2.17 bits per heavy atom. The van der Waals surface area contributed by atoms with Crippen LogP contribution in [-0.2, 0) is 0 Å². The number of alkyl halides is 7. The van der Waals surface area contributed by atoms with Crippen LogP contribution in [0.4, 0.5) is 36.4 Å². The number of hydrogen-bond acceptors (Lipinski definition) is 4. The average molecular weight is 427 g/mol. The molecule has 0 saturated heterocycles. The lowest BCUT2D eigenvalue weighted by Gasteiger charge is -2.28. The van der Waals surface area contributed by atoms with Crippen molar-refractivity contribution in [1.29, 1.82) is 0 Å². The molecule has 11 heteroatoms. The maximum absolute atomic E-state index is 13.1. The Bertz CT molecular complexity index is 814. The molecular weight excluding hydrogens is 411 g/mol. The number of anilines is 1. The van der Waals surface area contributed by atoms with E-state index in [1.165, 1.54) is 24.3 Å². The molecule has 1 N–H and O–H groups in total. The second kappa shape index (κ2) is 8.76. The van der Waals surface area contributed by atoms with Crippen LogP contribution in [0.15, 0.2) is 48.5 Å². The van der Waals surface area contributed by atoms with Crippen molar-refractivity contribution < 1.29 is 45.4 Å². The molecule has 0 saturated carbocycles. The summed E-state index contributed by atoms with van der Waals surface area (Å²) in [5.74, 6) is -0.961. The van der Waals surface area contributed by atoms with Crippen LogP contribution in [0.1, 0.15) is 5.56 Å². The van der Waals surface area contributed by atoms with Gasteiger partial charge in [0.1, 0.15) is 5.75 Å². The van der Waals surface area contributed by atoms with Crippen molar-refractivity contribution in [2.75, 3.05) is 11.6 Å². The predicted octanol–water partition coefficient (Wildman–Crippen LogP) is 4.96. The molecule has 0 aliphatic rings. The van der Waals surface area contributed by atoms with Gasteiger partial charge in [-0.2, -0.15) is 30.7 Å². The van der Waals surface area contributed by atoms with Crippen molar-refractivity contribution in [1.82, 2.24) is 0 Å². The quantitative estimate of drug-likeness (QED) is 0.478. The monoisotopic (exact) mass is 427 g/mol. The normalized spacial score (nSPS) is 13.3. The fourth-order valence-electron chi connectivity index (χ4n) is 2.16. The van der Waals surface area contributed by atoms with Gasteiger partial charge in [0.05, 0.1) is 12.2 Å². The molecule has 0 fully saturated rings. The first-order chi connectivity index (χ1) is 13.4. The average Bonchev–Trinajstić information content (AvgIpc) is 2.60. The van der Waals surface area contributed by atoms with Crippen LogP contribution < -0.4 is 14.6 Å². The predicted molar refractivity (Wildman–Crippen MR) is 89.2 cm³/mol. The van der Waals surface area contributed by atoms with Gasteiger partial charge in [0, 0.05) is 6.07 Å². The summed E-state index contributed by atoms with van der Waals surface area (Å²) in [5, 5.41) is 10.1. The Balaban J connectivity index is 2.28. The number of hydroxylamine groups is 1. The van der Waals surface area contributed by atoms with Gasteiger partial charge in [-0.3, -0.25) is 0 Å². The van der Waals surface area contributed by atoms with Crippen molar-refractivity contribution in [3.63, 3.8) is 0 Å². The van der Waals surface area contributed by atoms with Crippen molar-refractivity contribution in [3.8, 4) is 11.5 Å². The van der Waals surface area contributed by atoms with E-state index in [0.717, 1.165) is 18.2 Å². The lowest BCUT2D eigenvalue weighted by Crippen LogP contribution is -2.42. The molecule has 29 heavy (non-hydrogen) atoms. The Hall–Kier alpha value is -2.69. The van der Waals surface area contributed by atoms with E-state index < -0.39 is 37.1 Å². The number of nitrogens with zero attached hydrogens (tertiary/aromatic N) is 1. The Morgan fingerprint density at radius 2 is 1.59 bits per heavy atom. The minimum Gasteiger partial charge on any atom is -0.428 e. The third-order valence-corrected chi connectivity index (χ3v) is 3.54. The highest BCUT2D eigenvalue weighted by Gasteiger charge is 2.44. The van der Waals surface area contributed by atoms with E-state index in [1.807, 2.05) is 0 Å². The van der Waals surface area contributed by atoms with Gasteiger partial charge in [-0.1, -0.05) is 18.2 Å². The maximum Gasteiger partial charge on any atom is 0.461 e. The van der Waals surface area contributed by atoms with Crippen LogP contribution in [0.25, 0.3) is 0 Å². The highest BCUT2D eigenvalue weighted by Crippen LogP contribution is 2.31. The zero-order valence-electron chi connectivity index (χ0n) is 14.8. The van der Waals surface area contributed by atoms with Gasteiger partial charge in [0.15, 0.2) is 11.9 Å². The number of halogens is 7. The zero-order valence-corrected chi connectivity index (χ0v) is 14.8. The van der Waals surface area contributed by atoms with Gasteiger partial charge < -0.3 is 14.7 Å². The largest absolute Gasteiger partial charge is 0.461 e. The van der Waals surface area contributed by atoms with E-state index in [1.54, 1.807) is 13.0 Å². The summed E-state index contributed by atoms with van der Waals surface area (Å²) in [7, 11) is 0. The molecule has 4 nitrogen and oxygen atoms in total. The van der Waals surface area contributed by atoms with Crippen LogP contribution in [0, 0.1) is 6.92 Å². The first kappa shape index (κ1) is 22.6. The minimum atomic E-state index is -4.93. The summed E-state index contributed by atoms with van der Waals surface area (Å²) in [6.07, 6.45) is -16.6. The minimum absolute atomic E-state index is 0.137. The molecule has 0 unspecified atom stereocenters. The smallest absolute Gasteiger partial charge is 0.428 e. The second-order valence-electron chi connectivity index (χ2n) is 5.99. The number of aryl methyl sites for hydroxylation is 1. The standard InChI is InChI=1S/C18H16F7NO3/c1-11-4-2-5-12(8-11)26(10-15(27)17(21,22)23)29-14-7-3-6-13(9-14)28-18(24,25)16(19)20/h2-9,15-16,27H,10H2,1H3/t15-/m1/s1. The van der Waals surface area contributed by atoms with Crippen LogP contribution in [0.2, 0.25) is 0 Å². The molecule has 0 amide bonds. The highest BCUT2D eigenvalue weighted by atomic mass is 19.4. The van der Waals surface area contributed by atoms with E-state index in [-0.39, 0.29) is 11.4 Å². The van der Waals surface area contributed by atoms with Gasteiger partial charge >= 0.3 is 18.7 Å². The van der Waals surface area contributed by atoms with E-state index >= 15 is 0 Å². The first-order valence-electron chi connectivity index (χ1n) is 8.10. The SMILES string of the molecule is Cc1cccc(N(C[C@@H](O)C(F)(F)F)Oc2cccc(OC(F)(F)C(F)F)c2)c1. The zero-order chi connectivity index (χ0) is 21.8. The molecule has 0 aliphatic heterocycles. The third-order valence-electron chi connectivity index (χ3n) is 3.54. The number of ether oxygens (including phenoxy) is 1. The number of benzene rings is 2. The van der Waals surface area contributed by atoms with Crippen LogP contribution in [0.5, 0.6) is 11.5 Å².